The van der Waals surface area contributed by atoms with Gasteiger partial charge >= 0.3 is 0 Å². The molecule has 0 aromatic carbocycles. The second-order valence-corrected chi connectivity index (χ2v) is 5.49. The summed E-state index contributed by atoms with van der Waals surface area (Å²) in [5.41, 5.74) is 1.31. The third-order valence-corrected chi connectivity index (χ3v) is 3.91. The van der Waals surface area contributed by atoms with E-state index in [1.54, 1.807) is 0 Å². The summed E-state index contributed by atoms with van der Waals surface area (Å²) in [5, 5.41) is 3.31. The highest BCUT2D eigenvalue weighted by Gasteiger charge is 2.10. The molecule has 0 aliphatic heterocycles. The topological polar surface area (TPSA) is 28.2 Å². The molecule has 0 saturated heterocycles. The average Bonchev–Trinajstić information content (AvgIpc) is 2.50. The number of hydrogen-bond donors (Lipinski definition) is 1. The van der Waals surface area contributed by atoms with Crippen LogP contribution in [0.25, 0.3) is 0 Å². The summed E-state index contributed by atoms with van der Waals surface area (Å²) >= 11 is 0. The Morgan fingerprint density at radius 1 is 1.15 bits per heavy atom. The Morgan fingerprint density at radius 3 is 2.40 bits per heavy atom. The predicted molar refractivity (Wildman–Crippen MR) is 88.0 cm³/mol. The van der Waals surface area contributed by atoms with Gasteiger partial charge in [0, 0.05) is 25.8 Å². The molecule has 0 saturated carbocycles. The molecule has 1 N–H and O–H groups in total. The van der Waals surface area contributed by atoms with Crippen LogP contribution in [0.5, 0.6) is 0 Å². The highest BCUT2D eigenvalue weighted by molar-refractivity contribution is 5.35. The molecule has 3 heteroatoms. The minimum absolute atomic E-state index is 0.813. The fraction of sp³-hybridized carbons (Fsp3) is 0.706. The highest BCUT2D eigenvalue weighted by Crippen LogP contribution is 2.13. The molecule has 0 aliphatic carbocycles. The zero-order chi connectivity index (χ0) is 14.8. The quantitative estimate of drug-likeness (QED) is 0.696. The van der Waals surface area contributed by atoms with Crippen LogP contribution in [-0.2, 0) is 6.54 Å². The van der Waals surface area contributed by atoms with Gasteiger partial charge in [0.15, 0.2) is 0 Å². The van der Waals surface area contributed by atoms with Crippen LogP contribution in [0.1, 0.15) is 52.5 Å². The van der Waals surface area contributed by atoms with E-state index in [4.69, 9.17) is 0 Å². The number of nitrogens with zero attached hydrogens (tertiary/aromatic N) is 2. The van der Waals surface area contributed by atoms with E-state index in [-0.39, 0.29) is 0 Å². The second-order valence-electron chi connectivity index (χ2n) is 5.49. The summed E-state index contributed by atoms with van der Waals surface area (Å²) in [4.78, 5) is 7.01. The summed E-state index contributed by atoms with van der Waals surface area (Å²) in [6.07, 6.45) is 5.67. The first-order valence-electron chi connectivity index (χ1n) is 8.14. The minimum Gasteiger partial charge on any atom is -0.370 e. The molecule has 0 atom stereocenters. The Labute approximate surface area is 124 Å². The van der Waals surface area contributed by atoms with Crippen LogP contribution in [-0.4, -0.2) is 29.5 Å². The van der Waals surface area contributed by atoms with Crippen LogP contribution in [0.4, 0.5) is 5.82 Å². The van der Waals surface area contributed by atoms with Gasteiger partial charge in [-0.05, 0) is 30.5 Å². The lowest BCUT2D eigenvalue weighted by atomic mass is 10.0. The van der Waals surface area contributed by atoms with Crippen LogP contribution in [0, 0.1) is 5.92 Å². The average molecular weight is 277 g/mol. The summed E-state index contributed by atoms with van der Waals surface area (Å²) in [6, 6.07) is 4.29. The maximum atomic E-state index is 4.49. The van der Waals surface area contributed by atoms with Gasteiger partial charge in [-0.3, -0.25) is 4.90 Å². The number of anilines is 1. The molecule has 0 amide bonds. The zero-order valence-corrected chi connectivity index (χ0v) is 13.7. The van der Waals surface area contributed by atoms with Gasteiger partial charge in [0.25, 0.3) is 0 Å². The molecule has 3 nitrogen and oxygen atoms in total. The van der Waals surface area contributed by atoms with E-state index in [1.807, 2.05) is 6.20 Å². The van der Waals surface area contributed by atoms with Crippen LogP contribution < -0.4 is 5.32 Å². The van der Waals surface area contributed by atoms with Gasteiger partial charge < -0.3 is 5.32 Å². The summed E-state index contributed by atoms with van der Waals surface area (Å²) in [5.74, 6) is 1.80. The number of pyridine rings is 1. The second kappa shape index (κ2) is 9.76. The Hall–Kier alpha value is -1.09. The van der Waals surface area contributed by atoms with Crippen molar-refractivity contribution < 1.29 is 0 Å². The lowest BCUT2D eigenvalue weighted by Gasteiger charge is -2.25. The van der Waals surface area contributed by atoms with E-state index in [1.165, 1.54) is 24.9 Å². The number of aromatic nitrogens is 1. The van der Waals surface area contributed by atoms with Gasteiger partial charge in [-0.25, -0.2) is 4.98 Å². The van der Waals surface area contributed by atoms with Gasteiger partial charge in [0.2, 0.25) is 0 Å². The molecule has 1 aromatic heterocycles. The first-order valence-corrected chi connectivity index (χ1v) is 8.14. The van der Waals surface area contributed by atoms with Crippen molar-refractivity contribution in [1.29, 1.82) is 0 Å². The molecule has 114 valence electrons. The maximum absolute atomic E-state index is 4.49. The number of hydrogen-bond acceptors (Lipinski definition) is 3. The Balaban J connectivity index is 2.52. The van der Waals surface area contributed by atoms with Crippen molar-refractivity contribution in [2.24, 2.45) is 5.92 Å². The van der Waals surface area contributed by atoms with Crippen molar-refractivity contribution in [2.75, 3.05) is 25.0 Å². The van der Waals surface area contributed by atoms with Crippen LogP contribution >= 0.6 is 0 Å². The molecule has 0 spiro atoms. The van der Waals surface area contributed by atoms with Crippen molar-refractivity contribution >= 4 is 5.82 Å². The maximum Gasteiger partial charge on any atom is 0.125 e. The summed E-state index contributed by atoms with van der Waals surface area (Å²) < 4.78 is 0. The van der Waals surface area contributed by atoms with Crippen LogP contribution in [0.3, 0.4) is 0 Å². The van der Waals surface area contributed by atoms with Gasteiger partial charge in [-0.1, -0.05) is 46.6 Å². The number of rotatable bonds is 10. The van der Waals surface area contributed by atoms with E-state index in [9.17, 15) is 0 Å². The van der Waals surface area contributed by atoms with Crippen molar-refractivity contribution in [2.45, 2.75) is 53.5 Å². The monoisotopic (exact) mass is 277 g/mol. The minimum atomic E-state index is 0.813. The molecule has 0 bridgehead atoms. The normalized spacial score (nSPS) is 11.3. The SMILES string of the molecule is CCCNc1ccc(CN(CC)CC(CC)CC)cn1. The van der Waals surface area contributed by atoms with E-state index in [0.717, 1.165) is 37.8 Å². The van der Waals surface area contributed by atoms with Gasteiger partial charge in [0.05, 0.1) is 0 Å². The first kappa shape index (κ1) is 17.0. The van der Waals surface area contributed by atoms with Crippen LogP contribution in [0.2, 0.25) is 0 Å². The fourth-order valence-corrected chi connectivity index (χ4v) is 2.35. The standard InChI is InChI=1S/C17H31N3/c1-5-11-18-17-10-9-16(12-19-17)14-20(8-4)13-15(6-2)7-3/h9-10,12,15H,5-8,11,13-14H2,1-4H3,(H,18,19). The third kappa shape index (κ3) is 5.91. The first-order chi connectivity index (χ1) is 9.73. The summed E-state index contributed by atoms with van der Waals surface area (Å²) in [6.45, 7) is 13.3. The molecular formula is C17H31N3. The van der Waals surface area contributed by atoms with Crippen molar-refractivity contribution in [1.82, 2.24) is 9.88 Å². The van der Waals surface area contributed by atoms with Crippen molar-refractivity contribution in [3.63, 3.8) is 0 Å². The zero-order valence-electron chi connectivity index (χ0n) is 13.7. The lowest BCUT2D eigenvalue weighted by molar-refractivity contribution is 0.226. The van der Waals surface area contributed by atoms with Gasteiger partial charge in [-0.2, -0.15) is 0 Å². The third-order valence-electron chi connectivity index (χ3n) is 3.91. The largest absolute Gasteiger partial charge is 0.370 e. The van der Waals surface area contributed by atoms with E-state index in [0.29, 0.717) is 0 Å². The lowest BCUT2D eigenvalue weighted by Crippen LogP contribution is -2.28. The fourth-order valence-electron chi connectivity index (χ4n) is 2.35. The molecule has 1 aromatic rings. The molecule has 0 fully saturated rings. The molecule has 0 radical (unpaired) electrons. The van der Waals surface area contributed by atoms with Gasteiger partial charge in [0.1, 0.15) is 5.82 Å². The Kier molecular flexibility index (Phi) is 8.28. The van der Waals surface area contributed by atoms with Crippen molar-refractivity contribution in [3.05, 3.63) is 23.9 Å². The van der Waals surface area contributed by atoms with Crippen molar-refractivity contribution in [3.8, 4) is 0 Å². The van der Waals surface area contributed by atoms with E-state index < -0.39 is 0 Å². The van der Waals surface area contributed by atoms with Gasteiger partial charge in [-0.15, -0.1) is 0 Å². The molecule has 0 unspecified atom stereocenters. The molecule has 0 aliphatic rings. The smallest absolute Gasteiger partial charge is 0.125 e. The molecular weight excluding hydrogens is 246 g/mol. The molecule has 1 heterocycles. The number of nitrogens with one attached hydrogen (secondary N) is 1. The molecule has 1 rings (SSSR count). The summed E-state index contributed by atoms with van der Waals surface area (Å²) in [7, 11) is 0. The Morgan fingerprint density at radius 2 is 1.90 bits per heavy atom. The van der Waals surface area contributed by atoms with E-state index in [2.05, 4.69) is 55.0 Å². The highest BCUT2D eigenvalue weighted by atomic mass is 15.1. The van der Waals surface area contributed by atoms with E-state index >= 15 is 0 Å². The molecule has 20 heavy (non-hydrogen) atoms. The Bertz CT molecular complexity index is 344. The van der Waals surface area contributed by atoms with Crippen LogP contribution in [0.15, 0.2) is 18.3 Å². The predicted octanol–water partition coefficient (Wildman–Crippen LogP) is 4.16.